The second-order valence-corrected chi connectivity index (χ2v) is 11.6. The van der Waals surface area contributed by atoms with Gasteiger partial charge in [0.2, 0.25) is 0 Å². The van der Waals surface area contributed by atoms with Crippen molar-refractivity contribution >= 4 is 0 Å². The molecule has 8 rings (SSSR count). The molecule has 8 aliphatic carbocycles. The molecule has 0 amide bonds. The van der Waals surface area contributed by atoms with Crippen molar-refractivity contribution in [1.29, 1.82) is 0 Å². The topological polar surface area (TPSA) is 60.0 Å². The van der Waals surface area contributed by atoms with Gasteiger partial charge < -0.3 is 19.9 Å². The van der Waals surface area contributed by atoms with Crippen molar-refractivity contribution in [3.8, 4) is 0 Å². The van der Waals surface area contributed by atoms with Crippen LogP contribution in [0.25, 0.3) is 0 Å². The van der Waals surface area contributed by atoms with Crippen LogP contribution in [0, 0.1) is 0 Å². The van der Waals surface area contributed by atoms with Crippen LogP contribution in [0.15, 0.2) is 0 Å². The monoisotopic (exact) mass is 390 g/mol. The first-order chi connectivity index (χ1) is 12.8. The van der Waals surface area contributed by atoms with E-state index < -0.39 is 0 Å². The molecule has 0 radical (unpaired) electrons. The summed E-state index contributed by atoms with van der Waals surface area (Å²) in [7, 11) is 0. The average molecular weight is 391 g/mol. The third-order valence-electron chi connectivity index (χ3n) is 9.43. The zero-order chi connectivity index (χ0) is 16.9. The van der Waals surface area contributed by atoms with Gasteiger partial charge in [0, 0.05) is 103 Å². The quantitative estimate of drug-likeness (QED) is 0.571. The highest BCUT2D eigenvalue weighted by Crippen LogP contribution is 2.59. The number of hydrogen-bond donors (Lipinski definition) is 0. The number of nitrogens with zero attached hydrogens (tertiary/aromatic N) is 2. The molecule has 0 unspecified atom stereocenters. The second kappa shape index (κ2) is 6.67. The van der Waals surface area contributed by atoms with E-state index >= 15 is 0 Å². The van der Waals surface area contributed by atoms with Gasteiger partial charge in [0.25, 0.3) is 0 Å². The molecule has 8 fully saturated rings. The third-order valence-corrected chi connectivity index (χ3v) is 9.43. The second-order valence-electron chi connectivity index (χ2n) is 11.6. The fraction of sp³-hybridized carbons (Fsp3) is 1.00. The minimum Gasteiger partial charge on any atom is -0.870 e. The van der Waals surface area contributed by atoms with Crippen LogP contribution in [0.1, 0.15) is 103 Å². The van der Waals surface area contributed by atoms with E-state index in [0.717, 1.165) is 48.3 Å². The van der Waals surface area contributed by atoms with Gasteiger partial charge in [-0.2, -0.15) is 0 Å². The normalized spacial score (nSPS) is 32.6. The van der Waals surface area contributed by atoms with E-state index in [4.69, 9.17) is 0 Å². The van der Waals surface area contributed by atoms with Gasteiger partial charge in [0.1, 0.15) is 0 Å². The zero-order valence-electron chi connectivity index (χ0n) is 17.7. The molecule has 160 valence electrons. The van der Waals surface area contributed by atoms with Crippen molar-refractivity contribution < 1.29 is 19.9 Å². The summed E-state index contributed by atoms with van der Waals surface area (Å²) in [4.78, 5) is 0. The first-order valence-electron chi connectivity index (χ1n) is 12.6. The van der Waals surface area contributed by atoms with Crippen LogP contribution in [0.3, 0.4) is 0 Å². The third kappa shape index (κ3) is 3.09. The van der Waals surface area contributed by atoms with Gasteiger partial charge in [-0.3, -0.25) is 0 Å². The first kappa shape index (κ1) is 19.8. The number of quaternary nitrogens is 2. The molecule has 4 nitrogen and oxygen atoms in total. The van der Waals surface area contributed by atoms with Crippen molar-refractivity contribution in [3.63, 3.8) is 0 Å². The van der Waals surface area contributed by atoms with Crippen LogP contribution in [-0.2, 0) is 0 Å². The van der Waals surface area contributed by atoms with E-state index in [1.54, 1.807) is 112 Å². The molecule has 0 aromatic carbocycles. The van der Waals surface area contributed by atoms with Crippen molar-refractivity contribution in [2.45, 2.75) is 151 Å². The van der Waals surface area contributed by atoms with E-state index in [0.29, 0.717) is 0 Å². The van der Waals surface area contributed by atoms with E-state index in [2.05, 4.69) is 0 Å². The molecule has 0 saturated heterocycles. The maximum Gasteiger partial charge on any atom is 0.0901 e. The largest absolute Gasteiger partial charge is 0.870 e. The maximum atomic E-state index is 1.67. The van der Waals surface area contributed by atoms with Crippen molar-refractivity contribution in [3.05, 3.63) is 0 Å². The minimum absolute atomic E-state index is 0. The molecule has 0 aromatic rings. The lowest BCUT2D eigenvalue weighted by molar-refractivity contribution is -0.968. The van der Waals surface area contributed by atoms with Crippen molar-refractivity contribution in [2.75, 3.05) is 0 Å². The van der Waals surface area contributed by atoms with E-state index in [-0.39, 0.29) is 11.0 Å². The van der Waals surface area contributed by atoms with Crippen LogP contribution >= 0.6 is 0 Å². The molecule has 28 heavy (non-hydrogen) atoms. The molecule has 2 N–H and O–H groups in total. The standard InChI is InChI=1S/2C12H20N.2H2O/c2*1-2-9(1)13(10-3-4-10,11-5-6-11)12-7-8-12;;/h2*9-12H,1-8H2;2*1H2/q2*+1;;/p-2. The SMILES string of the molecule is C1CC1[N+](C1CC1)(C1CC1)C1CC1.C1CC1[N+](C1CC1)(C1CC1)C1CC1.[OH-].[OH-]. The highest BCUT2D eigenvalue weighted by molar-refractivity contribution is 4.98. The Kier molecular flexibility index (Phi) is 4.71. The summed E-state index contributed by atoms with van der Waals surface area (Å²) in [6, 6.07) is 9.17. The van der Waals surface area contributed by atoms with Crippen LogP contribution in [-0.4, -0.2) is 68.3 Å². The van der Waals surface area contributed by atoms with E-state index in [1.165, 1.54) is 0 Å². The Hall–Kier alpha value is -0.160. The average Bonchev–Trinajstić information content (AvgIpc) is 3.40. The lowest BCUT2D eigenvalue weighted by atomic mass is 10.2. The summed E-state index contributed by atoms with van der Waals surface area (Å²) in [5.41, 5.74) is 0. The highest BCUT2D eigenvalue weighted by atomic mass is 16.0. The molecule has 0 bridgehead atoms. The van der Waals surface area contributed by atoms with Gasteiger partial charge in [-0.1, -0.05) is 0 Å². The summed E-state index contributed by atoms with van der Waals surface area (Å²) in [5, 5.41) is 0. The Morgan fingerprint density at radius 3 is 0.429 bits per heavy atom. The van der Waals surface area contributed by atoms with Gasteiger partial charge >= 0.3 is 0 Å². The Morgan fingerprint density at radius 2 is 0.357 bits per heavy atom. The van der Waals surface area contributed by atoms with Crippen LogP contribution < -0.4 is 0 Å². The predicted octanol–water partition coefficient (Wildman–Crippen LogP) is 4.55. The Bertz CT molecular complexity index is 418. The fourth-order valence-electron chi connectivity index (χ4n) is 7.75. The van der Waals surface area contributed by atoms with Crippen molar-refractivity contribution in [1.82, 2.24) is 0 Å². The smallest absolute Gasteiger partial charge is 0.0901 e. The molecule has 4 heteroatoms. The molecule has 0 atom stereocenters. The molecule has 0 aromatic heterocycles. The lowest BCUT2D eigenvalue weighted by Crippen LogP contribution is -2.55. The summed E-state index contributed by atoms with van der Waals surface area (Å²) in [5.74, 6) is 0. The molecule has 0 heterocycles. The predicted molar refractivity (Wildman–Crippen MR) is 109 cm³/mol. The molecular weight excluding hydrogens is 348 g/mol. The van der Waals surface area contributed by atoms with Gasteiger partial charge in [0.05, 0.1) is 48.3 Å². The Morgan fingerprint density at radius 1 is 0.250 bits per heavy atom. The zero-order valence-corrected chi connectivity index (χ0v) is 17.7. The molecule has 0 aliphatic heterocycles. The van der Waals surface area contributed by atoms with E-state index in [1.807, 2.05) is 0 Å². The van der Waals surface area contributed by atoms with Crippen LogP contribution in [0.5, 0.6) is 0 Å². The molecule has 0 spiro atoms. The van der Waals surface area contributed by atoms with Crippen LogP contribution in [0.4, 0.5) is 0 Å². The minimum atomic E-state index is 0. The summed E-state index contributed by atoms with van der Waals surface area (Å²) in [6.45, 7) is 0. The van der Waals surface area contributed by atoms with E-state index in [9.17, 15) is 0 Å². The summed E-state index contributed by atoms with van der Waals surface area (Å²) >= 11 is 0. The lowest BCUT2D eigenvalue weighted by Gasteiger charge is -2.41. The van der Waals surface area contributed by atoms with Crippen molar-refractivity contribution in [2.24, 2.45) is 0 Å². The first-order valence-corrected chi connectivity index (χ1v) is 12.6. The molecule has 8 aliphatic rings. The van der Waals surface area contributed by atoms with Crippen LogP contribution in [0.2, 0.25) is 0 Å². The fourth-order valence-corrected chi connectivity index (χ4v) is 7.75. The molecule has 8 saturated carbocycles. The Balaban J connectivity index is 0.000000114. The number of hydrogen-bond acceptors (Lipinski definition) is 2. The van der Waals surface area contributed by atoms with Gasteiger partial charge in [-0.05, 0) is 0 Å². The summed E-state index contributed by atoms with van der Waals surface area (Å²) in [6.07, 6.45) is 25.2. The van der Waals surface area contributed by atoms with Gasteiger partial charge in [-0.15, -0.1) is 0 Å². The van der Waals surface area contributed by atoms with Gasteiger partial charge in [0.15, 0.2) is 0 Å². The number of rotatable bonds is 8. The highest BCUT2D eigenvalue weighted by Gasteiger charge is 2.67. The summed E-state index contributed by atoms with van der Waals surface area (Å²) < 4.78 is 3.33. The van der Waals surface area contributed by atoms with Gasteiger partial charge in [-0.25, -0.2) is 0 Å². The maximum absolute atomic E-state index is 1.67. The molecular formula is C24H42N2O2. The Labute approximate surface area is 171 Å².